The van der Waals surface area contributed by atoms with E-state index in [-0.39, 0.29) is 3.63 Å². The molecule has 0 bridgehead atoms. The average Bonchev–Trinajstić information content (AvgIpc) is 3.51. The molecule has 4 aromatic carbocycles. The van der Waals surface area contributed by atoms with E-state index in [4.69, 9.17) is 17.0 Å². The van der Waals surface area contributed by atoms with Crippen LogP contribution in [0.2, 0.25) is 0 Å². The summed E-state index contributed by atoms with van der Waals surface area (Å²) in [5.74, 6) is 0.430. The van der Waals surface area contributed by atoms with Gasteiger partial charge in [0, 0.05) is 0 Å². The molecule has 1 aliphatic heterocycles. The second-order valence-electron chi connectivity index (χ2n) is 11.4. The number of fused-ring (bicyclic) bond motifs is 4. The Morgan fingerprint density at radius 2 is 1.54 bits per heavy atom. The molecule has 198 valence electrons. The Bertz CT molecular complexity index is 1600. The van der Waals surface area contributed by atoms with E-state index < -0.39 is 27.4 Å². The van der Waals surface area contributed by atoms with Gasteiger partial charge in [-0.25, -0.2) is 0 Å². The van der Waals surface area contributed by atoms with Gasteiger partial charge in [-0.05, 0) is 0 Å². The normalized spacial score (nSPS) is 16.4. The molecular formula is C35H36Cl2SiZr. The van der Waals surface area contributed by atoms with Gasteiger partial charge in [0.1, 0.15) is 0 Å². The molecule has 0 radical (unpaired) electrons. The summed E-state index contributed by atoms with van der Waals surface area (Å²) in [5.41, 5.74) is 12.5. The molecular weight excluding hydrogens is 611 g/mol. The van der Waals surface area contributed by atoms with Crippen molar-refractivity contribution >= 4 is 46.3 Å². The molecule has 0 saturated heterocycles. The van der Waals surface area contributed by atoms with Crippen molar-refractivity contribution in [2.75, 3.05) is 0 Å². The summed E-state index contributed by atoms with van der Waals surface area (Å²) < 4.78 is 1.45. The molecule has 1 atom stereocenters. The van der Waals surface area contributed by atoms with Crippen LogP contribution in [0, 0.1) is 0 Å². The number of hydrogen-bond donors (Lipinski definition) is 0. The second kappa shape index (κ2) is 10.9. The molecule has 0 amide bonds. The van der Waals surface area contributed by atoms with Gasteiger partial charge in [0.2, 0.25) is 0 Å². The molecule has 0 fully saturated rings. The van der Waals surface area contributed by atoms with Gasteiger partial charge >= 0.3 is 250 Å². The van der Waals surface area contributed by atoms with Gasteiger partial charge in [0.05, 0.1) is 0 Å². The summed E-state index contributed by atoms with van der Waals surface area (Å²) in [6, 6.07) is 29.4. The SMILES string of the molecule is CCCC1=Cc2c(ccc(C(C)C)c2-c2ccccc2CC)[CH]1[Zr]([Cl])([Cl])[c]1cccc2c1[SiH2]c1ccccc1-2. The monoisotopic (exact) mass is 644 g/mol. The second-order valence-corrected chi connectivity index (χ2v) is 27.2. The molecule has 0 saturated carbocycles. The zero-order valence-electron chi connectivity index (χ0n) is 23.3. The van der Waals surface area contributed by atoms with Crippen LogP contribution in [-0.4, -0.2) is 9.52 Å². The van der Waals surface area contributed by atoms with Crippen molar-refractivity contribution in [1.82, 2.24) is 0 Å². The van der Waals surface area contributed by atoms with Gasteiger partial charge < -0.3 is 0 Å². The fourth-order valence-electron chi connectivity index (χ4n) is 6.94. The number of rotatable bonds is 7. The molecule has 0 nitrogen and oxygen atoms in total. The van der Waals surface area contributed by atoms with Crippen molar-refractivity contribution < 1.29 is 17.9 Å². The van der Waals surface area contributed by atoms with Crippen LogP contribution in [0.1, 0.15) is 72.3 Å². The van der Waals surface area contributed by atoms with E-state index in [1.54, 1.807) is 0 Å². The maximum absolute atomic E-state index is 7.87. The van der Waals surface area contributed by atoms with Crippen molar-refractivity contribution in [3.63, 3.8) is 0 Å². The predicted molar refractivity (Wildman–Crippen MR) is 172 cm³/mol. The van der Waals surface area contributed by atoms with Gasteiger partial charge in [0.25, 0.3) is 0 Å². The quantitative estimate of drug-likeness (QED) is 0.157. The summed E-state index contributed by atoms with van der Waals surface area (Å²) in [6.45, 7) is 9.16. The molecule has 0 N–H and O–H groups in total. The minimum absolute atomic E-state index is 0.135. The van der Waals surface area contributed by atoms with Crippen molar-refractivity contribution in [3.8, 4) is 22.3 Å². The third kappa shape index (κ3) is 4.61. The first-order valence-electron chi connectivity index (χ1n) is 14.4. The number of halogens is 2. The predicted octanol–water partition coefficient (Wildman–Crippen LogP) is 8.16. The standard InChI is InChI=1S/C23H27.C12H9Si.2ClH.Zr/c1-5-9-17-14-19-12-13-20(16(3)4)23(22(19)15-17)21-11-8-7-10-18(21)6-2;1-3-7-11-9(5-1)10-6-2-4-8-12(10)13-11;;;/h7-8,10-16H,5-6,9H2,1-4H3;1-7H,13H2;2*1H;/q;;;;+2/p-2. The molecule has 2 aliphatic rings. The number of aryl methyl sites for hydroxylation is 1. The molecule has 1 unspecified atom stereocenters. The van der Waals surface area contributed by atoms with Gasteiger partial charge in [-0.15, -0.1) is 0 Å². The van der Waals surface area contributed by atoms with E-state index >= 15 is 0 Å². The molecule has 0 spiro atoms. The van der Waals surface area contributed by atoms with Crippen molar-refractivity contribution in [2.24, 2.45) is 0 Å². The van der Waals surface area contributed by atoms with Gasteiger partial charge in [-0.1, -0.05) is 0 Å². The number of hydrogen-bond acceptors (Lipinski definition) is 0. The van der Waals surface area contributed by atoms with E-state index in [0.29, 0.717) is 5.92 Å². The van der Waals surface area contributed by atoms with Crippen molar-refractivity contribution in [3.05, 3.63) is 107 Å². The fourth-order valence-corrected chi connectivity index (χ4v) is 23.8. The van der Waals surface area contributed by atoms with Gasteiger partial charge in [-0.3, -0.25) is 0 Å². The van der Waals surface area contributed by atoms with Crippen LogP contribution in [0.4, 0.5) is 0 Å². The summed E-state index contributed by atoms with van der Waals surface area (Å²) in [4.78, 5) is 0. The zero-order chi connectivity index (χ0) is 27.3. The Morgan fingerprint density at radius 3 is 2.28 bits per heavy atom. The molecule has 1 aliphatic carbocycles. The molecule has 4 aromatic rings. The first-order valence-corrected chi connectivity index (χ1v) is 24.8. The minimum atomic E-state index is -3.96. The topological polar surface area (TPSA) is 0 Å². The molecule has 1 heterocycles. The Kier molecular flexibility index (Phi) is 7.71. The van der Waals surface area contributed by atoms with Crippen LogP contribution in [-0.2, 0) is 24.3 Å². The first kappa shape index (κ1) is 27.5. The summed E-state index contributed by atoms with van der Waals surface area (Å²) >= 11 is -3.96. The van der Waals surface area contributed by atoms with E-state index in [2.05, 4.69) is 113 Å². The summed E-state index contributed by atoms with van der Waals surface area (Å²) in [7, 11) is 15.1. The Labute approximate surface area is 247 Å². The van der Waals surface area contributed by atoms with Gasteiger partial charge in [-0.2, -0.15) is 0 Å². The third-order valence-corrected chi connectivity index (χ3v) is 23.1. The van der Waals surface area contributed by atoms with Gasteiger partial charge in [0.15, 0.2) is 0 Å². The van der Waals surface area contributed by atoms with Crippen LogP contribution >= 0.6 is 17.0 Å². The van der Waals surface area contributed by atoms with E-state index in [1.165, 1.54) is 63.7 Å². The van der Waals surface area contributed by atoms with E-state index in [9.17, 15) is 0 Å². The fraction of sp³-hybridized carbons (Fsp3) is 0.257. The Hall–Kier alpha value is -1.70. The molecule has 4 heteroatoms. The molecule has 39 heavy (non-hydrogen) atoms. The third-order valence-electron chi connectivity index (χ3n) is 8.72. The van der Waals surface area contributed by atoms with E-state index in [1.807, 2.05) is 0 Å². The zero-order valence-corrected chi connectivity index (χ0v) is 28.7. The van der Waals surface area contributed by atoms with Crippen LogP contribution < -0.4 is 13.6 Å². The van der Waals surface area contributed by atoms with Crippen LogP contribution in [0.25, 0.3) is 28.3 Å². The summed E-state index contributed by atoms with van der Waals surface area (Å²) in [5, 5.41) is 3.02. The van der Waals surface area contributed by atoms with Crippen LogP contribution in [0.15, 0.2) is 84.4 Å². The van der Waals surface area contributed by atoms with Crippen molar-refractivity contribution in [2.45, 2.75) is 56.5 Å². The van der Waals surface area contributed by atoms with E-state index in [0.717, 1.165) is 19.3 Å². The number of benzene rings is 4. The summed E-state index contributed by atoms with van der Waals surface area (Å²) in [6.07, 6.45) is 5.64. The van der Waals surface area contributed by atoms with Crippen LogP contribution in [0.5, 0.6) is 0 Å². The van der Waals surface area contributed by atoms with Crippen LogP contribution in [0.3, 0.4) is 0 Å². The average molecular weight is 647 g/mol. The molecule has 0 aromatic heterocycles. The maximum atomic E-state index is 7.87. The Balaban J connectivity index is 1.56. The number of allylic oxidation sites excluding steroid dienone is 1. The first-order chi connectivity index (χ1) is 18.9. The Morgan fingerprint density at radius 1 is 0.821 bits per heavy atom. The van der Waals surface area contributed by atoms with Crippen molar-refractivity contribution in [1.29, 1.82) is 0 Å². The molecule has 6 rings (SSSR count).